The minimum atomic E-state index is 0.296. The standard InChI is InChI=1S/C14H13ClN4O/c1-8-5-11(12(20-2)6-10(8)15)19-14-13(17)9(7-16)3-4-18-14/h3-6H,17H2,1-2H3,(H,18,19). The molecular formula is C14H13ClN4O. The number of anilines is 3. The molecule has 0 atom stereocenters. The number of nitrogens with two attached hydrogens (primary N) is 1. The van der Waals surface area contributed by atoms with Gasteiger partial charge in [-0.3, -0.25) is 0 Å². The number of hydrogen-bond donors (Lipinski definition) is 2. The van der Waals surface area contributed by atoms with E-state index >= 15 is 0 Å². The van der Waals surface area contributed by atoms with Gasteiger partial charge in [0, 0.05) is 17.3 Å². The lowest BCUT2D eigenvalue weighted by molar-refractivity contribution is 0.416. The van der Waals surface area contributed by atoms with E-state index in [1.807, 2.05) is 19.1 Å². The second-order valence-corrected chi connectivity index (χ2v) is 4.57. The molecule has 1 aromatic heterocycles. The van der Waals surface area contributed by atoms with Gasteiger partial charge < -0.3 is 15.8 Å². The lowest BCUT2D eigenvalue weighted by Gasteiger charge is -2.14. The highest BCUT2D eigenvalue weighted by Crippen LogP contribution is 2.34. The van der Waals surface area contributed by atoms with Gasteiger partial charge in [0.15, 0.2) is 5.82 Å². The van der Waals surface area contributed by atoms with Crippen molar-refractivity contribution in [2.45, 2.75) is 6.92 Å². The zero-order chi connectivity index (χ0) is 14.7. The van der Waals surface area contributed by atoms with E-state index in [1.165, 1.54) is 6.20 Å². The molecule has 6 heteroatoms. The van der Waals surface area contributed by atoms with Crippen molar-refractivity contribution in [3.8, 4) is 11.8 Å². The Morgan fingerprint density at radius 2 is 2.20 bits per heavy atom. The molecule has 102 valence electrons. The Bertz CT molecular complexity index is 694. The molecule has 1 aromatic carbocycles. The Kier molecular flexibility index (Phi) is 3.97. The molecule has 0 radical (unpaired) electrons. The fourth-order valence-electron chi connectivity index (χ4n) is 1.73. The Morgan fingerprint density at radius 1 is 1.45 bits per heavy atom. The van der Waals surface area contributed by atoms with Gasteiger partial charge in [0.1, 0.15) is 11.8 Å². The summed E-state index contributed by atoms with van der Waals surface area (Å²) in [7, 11) is 1.55. The first-order valence-electron chi connectivity index (χ1n) is 5.82. The van der Waals surface area contributed by atoms with Gasteiger partial charge in [-0.1, -0.05) is 11.6 Å². The number of aryl methyl sites for hydroxylation is 1. The summed E-state index contributed by atoms with van der Waals surface area (Å²) >= 11 is 6.06. The fraction of sp³-hybridized carbons (Fsp3) is 0.143. The lowest BCUT2D eigenvalue weighted by Crippen LogP contribution is -2.03. The van der Waals surface area contributed by atoms with Gasteiger partial charge >= 0.3 is 0 Å². The van der Waals surface area contributed by atoms with E-state index in [2.05, 4.69) is 10.3 Å². The van der Waals surface area contributed by atoms with Crippen molar-refractivity contribution in [3.63, 3.8) is 0 Å². The van der Waals surface area contributed by atoms with Crippen LogP contribution < -0.4 is 15.8 Å². The number of aromatic nitrogens is 1. The van der Waals surface area contributed by atoms with Crippen molar-refractivity contribution in [1.29, 1.82) is 5.26 Å². The molecule has 0 aliphatic carbocycles. The third kappa shape index (κ3) is 2.60. The molecule has 3 N–H and O–H groups in total. The number of hydrogen-bond acceptors (Lipinski definition) is 5. The predicted octanol–water partition coefficient (Wildman–Crippen LogP) is 3.25. The maximum absolute atomic E-state index is 8.96. The van der Waals surface area contributed by atoms with E-state index in [0.29, 0.717) is 33.5 Å². The van der Waals surface area contributed by atoms with Crippen molar-refractivity contribution >= 4 is 28.8 Å². The molecule has 0 bridgehead atoms. The fourth-order valence-corrected chi connectivity index (χ4v) is 1.88. The minimum absolute atomic E-state index is 0.296. The average Bonchev–Trinajstić information content (AvgIpc) is 2.44. The molecule has 2 aromatic rings. The molecule has 1 heterocycles. The van der Waals surface area contributed by atoms with Crippen LogP contribution >= 0.6 is 11.6 Å². The summed E-state index contributed by atoms with van der Waals surface area (Å²) in [6, 6.07) is 7.12. The summed E-state index contributed by atoms with van der Waals surface area (Å²) in [6.45, 7) is 1.88. The Balaban J connectivity index is 2.45. The van der Waals surface area contributed by atoms with E-state index in [0.717, 1.165) is 5.56 Å². The summed E-state index contributed by atoms with van der Waals surface area (Å²) in [6.07, 6.45) is 1.52. The first-order chi connectivity index (χ1) is 9.56. The number of halogens is 1. The van der Waals surface area contributed by atoms with Gasteiger partial charge in [-0.05, 0) is 24.6 Å². The van der Waals surface area contributed by atoms with Crippen molar-refractivity contribution in [2.75, 3.05) is 18.2 Å². The van der Waals surface area contributed by atoms with Crippen LogP contribution in [0.2, 0.25) is 5.02 Å². The van der Waals surface area contributed by atoms with Gasteiger partial charge in [-0.15, -0.1) is 0 Å². The van der Waals surface area contributed by atoms with Crippen molar-refractivity contribution in [3.05, 3.63) is 40.5 Å². The SMILES string of the molecule is COc1cc(Cl)c(C)cc1Nc1nccc(C#N)c1N. The number of benzene rings is 1. The third-order valence-corrected chi connectivity index (χ3v) is 3.25. The topological polar surface area (TPSA) is 84.0 Å². The number of pyridine rings is 1. The molecule has 0 saturated heterocycles. The largest absolute Gasteiger partial charge is 0.495 e. The Hall–Kier alpha value is -2.45. The smallest absolute Gasteiger partial charge is 0.155 e. The number of nitrogens with one attached hydrogen (secondary N) is 1. The molecule has 0 aliphatic heterocycles. The number of rotatable bonds is 3. The second kappa shape index (κ2) is 5.68. The van der Waals surface area contributed by atoms with E-state index in [-0.39, 0.29) is 0 Å². The molecule has 5 nitrogen and oxygen atoms in total. The van der Waals surface area contributed by atoms with E-state index < -0.39 is 0 Å². The van der Waals surface area contributed by atoms with Crippen LogP contribution in [0.25, 0.3) is 0 Å². The molecule has 20 heavy (non-hydrogen) atoms. The summed E-state index contributed by atoms with van der Waals surface area (Å²) in [5.74, 6) is 0.980. The maximum Gasteiger partial charge on any atom is 0.155 e. The average molecular weight is 289 g/mol. The second-order valence-electron chi connectivity index (χ2n) is 4.16. The van der Waals surface area contributed by atoms with Gasteiger partial charge in [0.25, 0.3) is 0 Å². The number of ether oxygens (including phenoxy) is 1. The minimum Gasteiger partial charge on any atom is -0.495 e. The van der Waals surface area contributed by atoms with Crippen LogP contribution in [0.5, 0.6) is 5.75 Å². The molecule has 0 spiro atoms. The van der Waals surface area contributed by atoms with Crippen LogP contribution in [-0.4, -0.2) is 12.1 Å². The van der Waals surface area contributed by atoms with E-state index in [9.17, 15) is 0 Å². The van der Waals surface area contributed by atoms with Gasteiger partial charge in [0.2, 0.25) is 0 Å². The summed E-state index contributed by atoms with van der Waals surface area (Å²) in [4.78, 5) is 4.13. The van der Waals surface area contributed by atoms with Crippen LogP contribution in [-0.2, 0) is 0 Å². The van der Waals surface area contributed by atoms with Crippen LogP contribution in [0.4, 0.5) is 17.2 Å². The predicted molar refractivity (Wildman–Crippen MR) is 79.4 cm³/mol. The van der Waals surface area contributed by atoms with Crippen molar-refractivity contribution < 1.29 is 4.74 Å². The summed E-state index contributed by atoms with van der Waals surface area (Å²) < 4.78 is 5.27. The van der Waals surface area contributed by atoms with Crippen molar-refractivity contribution in [2.24, 2.45) is 0 Å². The molecule has 0 amide bonds. The van der Waals surface area contributed by atoms with Crippen LogP contribution in [0.3, 0.4) is 0 Å². The highest BCUT2D eigenvalue weighted by Gasteiger charge is 2.11. The van der Waals surface area contributed by atoms with Gasteiger partial charge in [-0.25, -0.2) is 4.98 Å². The normalized spacial score (nSPS) is 9.90. The van der Waals surface area contributed by atoms with Gasteiger partial charge in [-0.2, -0.15) is 5.26 Å². The molecule has 0 fully saturated rings. The number of nitrogen functional groups attached to an aromatic ring is 1. The molecule has 0 saturated carbocycles. The third-order valence-electron chi connectivity index (χ3n) is 2.84. The first-order valence-corrected chi connectivity index (χ1v) is 6.20. The highest BCUT2D eigenvalue weighted by molar-refractivity contribution is 6.31. The lowest BCUT2D eigenvalue weighted by atomic mass is 10.2. The maximum atomic E-state index is 8.96. The van der Waals surface area contributed by atoms with E-state index in [1.54, 1.807) is 19.2 Å². The monoisotopic (exact) mass is 288 g/mol. The quantitative estimate of drug-likeness (QED) is 0.905. The zero-order valence-electron chi connectivity index (χ0n) is 11.1. The molecule has 0 unspecified atom stereocenters. The molecule has 0 aliphatic rings. The van der Waals surface area contributed by atoms with Crippen LogP contribution in [0.15, 0.2) is 24.4 Å². The highest BCUT2D eigenvalue weighted by atomic mass is 35.5. The summed E-state index contributed by atoms with van der Waals surface area (Å²) in [5.41, 5.74) is 8.13. The number of nitrogens with zero attached hydrogens (tertiary/aromatic N) is 2. The zero-order valence-corrected chi connectivity index (χ0v) is 11.8. The molecular weight excluding hydrogens is 276 g/mol. The Labute approximate surface area is 122 Å². The number of nitriles is 1. The van der Waals surface area contributed by atoms with Crippen LogP contribution in [0, 0.1) is 18.3 Å². The van der Waals surface area contributed by atoms with Gasteiger partial charge in [0.05, 0.1) is 24.0 Å². The van der Waals surface area contributed by atoms with Crippen LogP contribution in [0.1, 0.15) is 11.1 Å². The Morgan fingerprint density at radius 3 is 2.85 bits per heavy atom. The molecule has 2 rings (SSSR count). The van der Waals surface area contributed by atoms with E-state index in [4.69, 9.17) is 27.3 Å². The number of methoxy groups -OCH3 is 1. The summed E-state index contributed by atoms with van der Waals surface area (Å²) in [5, 5.41) is 12.6. The first kappa shape index (κ1) is 14.0. The van der Waals surface area contributed by atoms with Crippen molar-refractivity contribution in [1.82, 2.24) is 4.98 Å².